The van der Waals surface area contributed by atoms with Gasteiger partial charge in [0.2, 0.25) is 5.82 Å². The van der Waals surface area contributed by atoms with Crippen LogP contribution in [0.15, 0.2) is 49.2 Å². The molecule has 0 aliphatic carbocycles. The first-order chi connectivity index (χ1) is 10.8. The highest BCUT2D eigenvalue weighted by atomic mass is 15.5. The standard InChI is InChI=1S/C14H12N8/c15-7-12(14-18-20-21-19-14)8-17-13-3-1-2-11(6-13)9-22-5-4-16-10-22/h1-6,8,10,17H,9H2,(H,18,19,20,21). The Labute approximate surface area is 126 Å². The van der Waals surface area contributed by atoms with E-state index in [1.807, 2.05) is 41.1 Å². The molecule has 8 heteroatoms. The van der Waals surface area contributed by atoms with E-state index in [0.29, 0.717) is 5.57 Å². The molecule has 2 heterocycles. The maximum absolute atomic E-state index is 9.11. The lowest BCUT2D eigenvalue weighted by Crippen LogP contribution is -1.98. The van der Waals surface area contributed by atoms with E-state index < -0.39 is 0 Å². The van der Waals surface area contributed by atoms with Gasteiger partial charge in [0.15, 0.2) is 0 Å². The number of benzene rings is 1. The fraction of sp³-hybridized carbons (Fsp3) is 0.0714. The lowest BCUT2D eigenvalue weighted by atomic mass is 10.2. The molecule has 0 radical (unpaired) electrons. The summed E-state index contributed by atoms with van der Waals surface area (Å²) < 4.78 is 1.98. The number of hydrogen-bond acceptors (Lipinski definition) is 6. The molecular formula is C14H12N8. The summed E-state index contributed by atoms with van der Waals surface area (Å²) >= 11 is 0. The molecule has 3 aromatic rings. The number of nitriles is 1. The minimum Gasteiger partial charge on any atom is -0.360 e. The predicted octanol–water partition coefficient (Wildman–Crippen LogP) is 1.42. The van der Waals surface area contributed by atoms with Gasteiger partial charge < -0.3 is 9.88 Å². The van der Waals surface area contributed by atoms with Crippen molar-refractivity contribution in [1.29, 1.82) is 5.26 Å². The quantitative estimate of drug-likeness (QED) is 0.688. The third-order valence-corrected chi connectivity index (χ3v) is 2.94. The SMILES string of the molecule is N#CC(=CNc1cccc(Cn2ccnc2)c1)c1nn[nH]n1. The van der Waals surface area contributed by atoms with Crippen molar-refractivity contribution in [2.75, 3.05) is 5.32 Å². The fourth-order valence-electron chi connectivity index (χ4n) is 1.93. The van der Waals surface area contributed by atoms with E-state index in [4.69, 9.17) is 5.26 Å². The zero-order valence-electron chi connectivity index (χ0n) is 11.5. The van der Waals surface area contributed by atoms with Crippen LogP contribution in [0, 0.1) is 11.3 Å². The van der Waals surface area contributed by atoms with Gasteiger partial charge in [0.25, 0.3) is 0 Å². The number of aromatic amines is 1. The summed E-state index contributed by atoms with van der Waals surface area (Å²) in [4.78, 5) is 4.02. The zero-order chi connectivity index (χ0) is 15.2. The number of rotatable bonds is 5. The lowest BCUT2D eigenvalue weighted by Gasteiger charge is -2.06. The monoisotopic (exact) mass is 292 g/mol. The number of tetrazole rings is 1. The maximum atomic E-state index is 9.11. The number of hydrogen-bond donors (Lipinski definition) is 2. The molecule has 0 unspecified atom stereocenters. The lowest BCUT2D eigenvalue weighted by molar-refractivity contribution is 0.798. The minimum absolute atomic E-state index is 0.254. The fourth-order valence-corrected chi connectivity index (χ4v) is 1.93. The highest BCUT2D eigenvalue weighted by molar-refractivity contribution is 5.74. The van der Waals surface area contributed by atoms with Crippen LogP contribution >= 0.6 is 0 Å². The molecule has 0 bridgehead atoms. The Bertz CT molecular complexity index is 796. The summed E-state index contributed by atoms with van der Waals surface area (Å²) in [6.45, 7) is 0.731. The zero-order valence-corrected chi connectivity index (χ0v) is 11.5. The molecule has 8 nitrogen and oxygen atoms in total. The number of nitrogens with one attached hydrogen (secondary N) is 2. The predicted molar refractivity (Wildman–Crippen MR) is 79.2 cm³/mol. The molecule has 0 saturated heterocycles. The van der Waals surface area contributed by atoms with Crippen molar-refractivity contribution in [1.82, 2.24) is 30.2 Å². The van der Waals surface area contributed by atoms with Crippen molar-refractivity contribution < 1.29 is 0 Å². The highest BCUT2D eigenvalue weighted by Gasteiger charge is 2.05. The average Bonchev–Trinajstić information content (AvgIpc) is 3.22. The first-order valence-corrected chi connectivity index (χ1v) is 6.50. The van der Waals surface area contributed by atoms with Crippen molar-refractivity contribution in [3.63, 3.8) is 0 Å². The van der Waals surface area contributed by atoms with Gasteiger partial charge in [-0.2, -0.15) is 10.5 Å². The van der Waals surface area contributed by atoms with Gasteiger partial charge in [-0.1, -0.05) is 12.1 Å². The Morgan fingerprint density at radius 3 is 3.14 bits per heavy atom. The van der Waals surface area contributed by atoms with Crippen LogP contribution in [0.5, 0.6) is 0 Å². The Kier molecular flexibility index (Phi) is 3.88. The Morgan fingerprint density at radius 1 is 1.45 bits per heavy atom. The summed E-state index contributed by atoms with van der Waals surface area (Å²) in [5.41, 5.74) is 2.29. The molecule has 108 valence electrons. The van der Waals surface area contributed by atoms with E-state index in [2.05, 4.69) is 30.9 Å². The van der Waals surface area contributed by atoms with Crippen molar-refractivity contribution >= 4 is 11.3 Å². The van der Waals surface area contributed by atoms with E-state index in [1.54, 1.807) is 18.7 Å². The van der Waals surface area contributed by atoms with Crippen LogP contribution in [-0.4, -0.2) is 30.2 Å². The second-order valence-corrected chi connectivity index (χ2v) is 4.48. The number of allylic oxidation sites excluding steroid dienone is 1. The smallest absolute Gasteiger partial charge is 0.216 e. The third-order valence-electron chi connectivity index (χ3n) is 2.94. The summed E-state index contributed by atoms with van der Waals surface area (Å²) in [6, 6.07) is 9.92. The van der Waals surface area contributed by atoms with Gasteiger partial charge in [0.05, 0.1) is 6.33 Å². The normalized spacial score (nSPS) is 11.1. The minimum atomic E-state index is 0.254. The van der Waals surface area contributed by atoms with Crippen molar-refractivity contribution in [2.24, 2.45) is 0 Å². The first kappa shape index (κ1) is 13.5. The third kappa shape index (κ3) is 3.16. The second-order valence-electron chi connectivity index (χ2n) is 4.48. The van der Waals surface area contributed by atoms with Crippen molar-refractivity contribution in [3.05, 3.63) is 60.6 Å². The maximum Gasteiger partial charge on any atom is 0.216 e. The van der Waals surface area contributed by atoms with Gasteiger partial charge in [-0.05, 0) is 22.9 Å². The highest BCUT2D eigenvalue weighted by Crippen LogP contribution is 2.14. The number of anilines is 1. The number of aromatic nitrogens is 6. The van der Waals surface area contributed by atoms with Crippen LogP contribution in [-0.2, 0) is 6.54 Å². The Morgan fingerprint density at radius 2 is 2.41 bits per heavy atom. The summed E-state index contributed by atoms with van der Waals surface area (Å²) in [5, 5.41) is 25.5. The van der Waals surface area contributed by atoms with E-state index in [1.165, 1.54) is 0 Å². The van der Waals surface area contributed by atoms with Crippen LogP contribution < -0.4 is 5.32 Å². The molecule has 0 amide bonds. The molecule has 2 aromatic heterocycles. The summed E-state index contributed by atoms with van der Waals surface area (Å²) in [6.07, 6.45) is 6.98. The Hall–Kier alpha value is -3.47. The topological polar surface area (TPSA) is 108 Å². The van der Waals surface area contributed by atoms with Crippen LogP contribution in [0.25, 0.3) is 5.57 Å². The van der Waals surface area contributed by atoms with Gasteiger partial charge in [-0.3, -0.25) is 0 Å². The molecule has 0 fully saturated rings. The van der Waals surface area contributed by atoms with Crippen molar-refractivity contribution in [2.45, 2.75) is 6.54 Å². The number of nitrogens with zero attached hydrogens (tertiary/aromatic N) is 6. The molecule has 0 aliphatic heterocycles. The van der Waals surface area contributed by atoms with Gasteiger partial charge in [0, 0.05) is 30.8 Å². The van der Waals surface area contributed by atoms with Crippen LogP contribution in [0.2, 0.25) is 0 Å². The number of H-pyrrole nitrogens is 1. The largest absolute Gasteiger partial charge is 0.360 e. The van der Waals surface area contributed by atoms with Gasteiger partial charge >= 0.3 is 0 Å². The summed E-state index contributed by atoms with van der Waals surface area (Å²) in [5.74, 6) is 0.254. The molecule has 0 spiro atoms. The van der Waals surface area contributed by atoms with Gasteiger partial charge in [-0.25, -0.2) is 4.98 Å². The van der Waals surface area contributed by atoms with Crippen LogP contribution in [0.4, 0.5) is 5.69 Å². The van der Waals surface area contributed by atoms with E-state index in [-0.39, 0.29) is 5.82 Å². The van der Waals surface area contributed by atoms with Crippen LogP contribution in [0.1, 0.15) is 11.4 Å². The average molecular weight is 292 g/mol. The molecule has 0 saturated carbocycles. The molecule has 0 atom stereocenters. The molecule has 2 N–H and O–H groups in total. The van der Waals surface area contributed by atoms with Gasteiger partial charge in [0.1, 0.15) is 11.6 Å². The molecule has 0 aliphatic rings. The molecular weight excluding hydrogens is 280 g/mol. The Balaban J connectivity index is 1.74. The first-order valence-electron chi connectivity index (χ1n) is 6.50. The number of imidazole rings is 1. The van der Waals surface area contributed by atoms with Crippen LogP contribution in [0.3, 0.4) is 0 Å². The molecule has 22 heavy (non-hydrogen) atoms. The van der Waals surface area contributed by atoms with E-state index in [0.717, 1.165) is 17.8 Å². The molecule has 3 rings (SSSR count). The molecule has 1 aromatic carbocycles. The van der Waals surface area contributed by atoms with Crippen molar-refractivity contribution in [3.8, 4) is 6.07 Å². The van der Waals surface area contributed by atoms with Gasteiger partial charge in [-0.15, -0.1) is 10.2 Å². The summed E-state index contributed by atoms with van der Waals surface area (Å²) in [7, 11) is 0. The second kappa shape index (κ2) is 6.32. The van der Waals surface area contributed by atoms with E-state index >= 15 is 0 Å². The van der Waals surface area contributed by atoms with E-state index in [9.17, 15) is 0 Å².